The smallest absolute Gasteiger partial charge is 0.160 e. The van der Waals surface area contributed by atoms with E-state index < -0.39 is 11.5 Å². The van der Waals surface area contributed by atoms with Crippen LogP contribution in [0.2, 0.25) is 0 Å². The Kier molecular flexibility index (Phi) is 5.83. The van der Waals surface area contributed by atoms with Crippen molar-refractivity contribution in [2.24, 2.45) is 28.1 Å². The van der Waals surface area contributed by atoms with Crippen molar-refractivity contribution in [3.8, 4) is 0 Å². The Morgan fingerprint density at radius 1 is 1.14 bits per heavy atom. The van der Waals surface area contributed by atoms with Gasteiger partial charge in [-0.1, -0.05) is 39.0 Å². The molecular weight excluding hydrogens is 364 g/mol. The Morgan fingerprint density at radius 3 is 2.45 bits per heavy atom. The first-order valence-corrected chi connectivity index (χ1v) is 10.9. The topological polar surface area (TPSA) is 74.6 Å². The van der Waals surface area contributed by atoms with Gasteiger partial charge in [-0.15, -0.1) is 0 Å². The monoisotopic (exact) mass is 400 g/mol. The van der Waals surface area contributed by atoms with Crippen LogP contribution in [0.4, 0.5) is 0 Å². The lowest BCUT2D eigenvalue weighted by Crippen LogP contribution is -2.59. The minimum absolute atomic E-state index is 0.0152. The fourth-order valence-corrected chi connectivity index (χ4v) is 7.08. The number of aliphatic hydroxyl groups excluding tert-OH is 2. The van der Waals surface area contributed by atoms with Gasteiger partial charge < -0.3 is 10.2 Å². The average molecular weight is 401 g/mol. The van der Waals surface area contributed by atoms with Crippen molar-refractivity contribution in [1.29, 1.82) is 0 Å². The quantitative estimate of drug-likeness (QED) is 0.422. The number of allylic oxidation sites excluding steroid dienone is 6. The van der Waals surface area contributed by atoms with E-state index in [1.54, 1.807) is 13.0 Å². The zero-order chi connectivity index (χ0) is 21.6. The van der Waals surface area contributed by atoms with E-state index in [0.717, 1.165) is 36.7 Å². The highest BCUT2D eigenvalue weighted by atomic mass is 16.3. The van der Waals surface area contributed by atoms with Crippen molar-refractivity contribution in [2.45, 2.75) is 72.8 Å². The second-order valence-corrected chi connectivity index (χ2v) is 10.4. The predicted octanol–water partition coefficient (Wildman–Crippen LogP) is 4.17. The molecule has 0 saturated heterocycles. The van der Waals surface area contributed by atoms with Crippen LogP contribution in [0, 0.1) is 28.1 Å². The van der Waals surface area contributed by atoms with Gasteiger partial charge in [0.25, 0.3) is 0 Å². The highest BCUT2D eigenvalue weighted by molar-refractivity contribution is 6.00. The van der Waals surface area contributed by atoms with Gasteiger partial charge in [-0.2, -0.15) is 0 Å². The maximum Gasteiger partial charge on any atom is 0.160 e. The number of carbonyl (C=O) groups excluding carboxylic acids is 2. The summed E-state index contributed by atoms with van der Waals surface area (Å²) < 4.78 is 0. The van der Waals surface area contributed by atoms with Gasteiger partial charge in [-0.25, -0.2) is 0 Å². The van der Waals surface area contributed by atoms with Crippen molar-refractivity contribution < 1.29 is 19.8 Å². The number of hydrogen-bond acceptors (Lipinski definition) is 4. The van der Waals surface area contributed by atoms with E-state index in [4.69, 9.17) is 0 Å². The Labute approximate surface area is 174 Å². The van der Waals surface area contributed by atoms with Gasteiger partial charge in [0.2, 0.25) is 0 Å². The molecule has 0 aromatic rings. The SMILES string of the molecule is C\C(C=O)=C/C=C/C(C)=C1/C(=O)C[C@H]2[C@@]3(C)CC[C@@H](O)[C@](C)(CO)[C@@H]3CC[C@]12C. The number of carbonyl (C=O) groups is 2. The second kappa shape index (κ2) is 7.63. The molecule has 6 atom stereocenters. The molecule has 3 aliphatic carbocycles. The largest absolute Gasteiger partial charge is 0.396 e. The molecule has 160 valence electrons. The van der Waals surface area contributed by atoms with Crippen LogP contribution in [0.5, 0.6) is 0 Å². The minimum atomic E-state index is -0.504. The molecule has 0 unspecified atom stereocenters. The zero-order valence-corrected chi connectivity index (χ0v) is 18.5. The summed E-state index contributed by atoms with van der Waals surface area (Å²) in [6.07, 6.45) is 9.83. The molecule has 3 saturated carbocycles. The summed E-state index contributed by atoms with van der Waals surface area (Å²) in [6, 6.07) is 0. The molecule has 3 aliphatic rings. The fraction of sp³-hybridized carbons (Fsp3) is 0.680. The van der Waals surface area contributed by atoms with Gasteiger partial charge >= 0.3 is 0 Å². The Morgan fingerprint density at radius 2 is 1.83 bits per heavy atom. The summed E-state index contributed by atoms with van der Waals surface area (Å²) in [5.41, 5.74) is 1.82. The number of Topliss-reactive ketones (excluding diaryl/α,β-unsaturated/α-hetero) is 1. The van der Waals surface area contributed by atoms with Crippen LogP contribution >= 0.6 is 0 Å². The zero-order valence-electron chi connectivity index (χ0n) is 18.5. The lowest BCUT2D eigenvalue weighted by atomic mass is 9.43. The molecule has 3 fully saturated rings. The average Bonchev–Trinajstić information content (AvgIpc) is 2.96. The highest BCUT2D eigenvalue weighted by Gasteiger charge is 2.65. The van der Waals surface area contributed by atoms with E-state index in [1.807, 2.05) is 26.0 Å². The maximum atomic E-state index is 13.2. The molecule has 0 aromatic heterocycles. The molecule has 3 rings (SSSR count). The first-order valence-electron chi connectivity index (χ1n) is 10.9. The Hall–Kier alpha value is -1.52. The van der Waals surface area contributed by atoms with Gasteiger partial charge in [0.15, 0.2) is 5.78 Å². The van der Waals surface area contributed by atoms with Crippen molar-refractivity contribution >= 4 is 12.1 Å². The third-order valence-electron chi connectivity index (χ3n) is 8.69. The number of fused-ring (bicyclic) bond motifs is 3. The van der Waals surface area contributed by atoms with Gasteiger partial charge in [0.05, 0.1) is 12.7 Å². The summed E-state index contributed by atoms with van der Waals surface area (Å²) >= 11 is 0. The van der Waals surface area contributed by atoms with E-state index in [0.29, 0.717) is 18.4 Å². The van der Waals surface area contributed by atoms with Gasteiger partial charge in [-0.05, 0) is 67.9 Å². The number of hydrogen-bond donors (Lipinski definition) is 2. The minimum Gasteiger partial charge on any atom is -0.396 e. The molecular formula is C25H36O4. The van der Waals surface area contributed by atoms with Crippen LogP contribution in [0.1, 0.15) is 66.7 Å². The fourth-order valence-electron chi connectivity index (χ4n) is 7.08. The van der Waals surface area contributed by atoms with Gasteiger partial charge in [0, 0.05) is 22.8 Å². The molecule has 0 bridgehead atoms. The third-order valence-corrected chi connectivity index (χ3v) is 8.69. The van der Waals surface area contributed by atoms with Gasteiger partial charge in [0.1, 0.15) is 6.29 Å². The number of rotatable bonds is 4. The van der Waals surface area contributed by atoms with Crippen molar-refractivity contribution in [3.05, 3.63) is 34.9 Å². The summed E-state index contributed by atoms with van der Waals surface area (Å²) in [6.45, 7) is 10.3. The molecule has 0 heterocycles. The summed E-state index contributed by atoms with van der Waals surface area (Å²) in [4.78, 5) is 24.0. The lowest BCUT2D eigenvalue weighted by molar-refractivity contribution is -0.178. The lowest BCUT2D eigenvalue weighted by Gasteiger charge is -2.62. The van der Waals surface area contributed by atoms with Crippen LogP contribution in [0.15, 0.2) is 34.9 Å². The predicted molar refractivity (Wildman–Crippen MR) is 114 cm³/mol. The van der Waals surface area contributed by atoms with Crippen LogP contribution in [-0.4, -0.2) is 35.0 Å². The number of aldehydes is 1. The third kappa shape index (κ3) is 3.29. The summed E-state index contributed by atoms with van der Waals surface area (Å²) in [7, 11) is 0. The van der Waals surface area contributed by atoms with Crippen LogP contribution < -0.4 is 0 Å². The summed E-state index contributed by atoms with van der Waals surface area (Å²) in [5.74, 6) is 0.669. The Bertz CT molecular complexity index is 791. The highest BCUT2D eigenvalue weighted by Crippen LogP contribution is 2.69. The van der Waals surface area contributed by atoms with Gasteiger partial charge in [-0.3, -0.25) is 9.59 Å². The van der Waals surface area contributed by atoms with Crippen LogP contribution in [0.25, 0.3) is 0 Å². The maximum absolute atomic E-state index is 13.2. The molecule has 2 N–H and O–H groups in total. The van der Waals surface area contributed by atoms with Crippen LogP contribution in [-0.2, 0) is 9.59 Å². The van der Waals surface area contributed by atoms with E-state index in [9.17, 15) is 19.8 Å². The van der Waals surface area contributed by atoms with Crippen molar-refractivity contribution in [3.63, 3.8) is 0 Å². The van der Waals surface area contributed by atoms with E-state index in [-0.39, 0.29) is 35.1 Å². The second-order valence-electron chi connectivity index (χ2n) is 10.4. The molecule has 4 heteroatoms. The number of aliphatic hydroxyl groups is 2. The molecule has 0 aliphatic heterocycles. The van der Waals surface area contributed by atoms with Crippen molar-refractivity contribution in [1.82, 2.24) is 0 Å². The normalized spacial score (nSPS) is 44.6. The molecule has 29 heavy (non-hydrogen) atoms. The summed E-state index contributed by atoms with van der Waals surface area (Å²) in [5, 5.41) is 20.8. The molecule has 0 spiro atoms. The van der Waals surface area contributed by atoms with E-state index in [1.165, 1.54) is 0 Å². The van der Waals surface area contributed by atoms with E-state index in [2.05, 4.69) is 13.8 Å². The molecule has 4 nitrogen and oxygen atoms in total. The van der Waals surface area contributed by atoms with E-state index >= 15 is 0 Å². The first-order chi connectivity index (χ1) is 13.5. The molecule has 0 aromatic carbocycles. The molecule has 0 amide bonds. The van der Waals surface area contributed by atoms with Crippen molar-refractivity contribution in [2.75, 3.05) is 6.61 Å². The molecule has 0 radical (unpaired) electrons. The first kappa shape index (κ1) is 22.2. The Balaban J connectivity index is 2.01. The standard InChI is InChI=1S/C25H36O4/c1-16(14-26)7-6-8-17(2)22-18(28)13-20-23(3)12-10-21(29)25(5,15-27)19(23)9-11-24(20,22)4/h6-8,14,19-21,27,29H,9-13,15H2,1-5H3/b8-6+,16-7+,22-17-/t19-,20+,21-,23+,24+,25-/m1/s1. The number of ketones is 1. The van der Waals surface area contributed by atoms with Crippen LogP contribution in [0.3, 0.4) is 0 Å².